The molecule has 0 heterocycles. The SMILES string of the molecule is CC(=O)ONC1=CCCc2ccc([N+](=O)[O-])cc21. The third-order valence-electron chi connectivity index (χ3n) is 2.66. The van der Waals surface area contributed by atoms with Crippen molar-refractivity contribution in [2.45, 2.75) is 19.8 Å². The van der Waals surface area contributed by atoms with E-state index in [-0.39, 0.29) is 5.69 Å². The highest BCUT2D eigenvalue weighted by Gasteiger charge is 2.17. The number of nitro benzene ring substituents is 1. The summed E-state index contributed by atoms with van der Waals surface area (Å²) in [6, 6.07) is 4.69. The lowest BCUT2D eigenvalue weighted by molar-refractivity contribution is -0.384. The van der Waals surface area contributed by atoms with Gasteiger partial charge in [-0.05, 0) is 18.4 Å². The number of hydrogen-bond acceptors (Lipinski definition) is 5. The maximum absolute atomic E-state index is 10.8. The van der Waals surface area contributed by atoms with Gasteiger partial charge in [-0.3, -0.25) is 14.9 Å². The van der Waals surface area contributed by atoms with Gasteiger partial charge in [0.25, 0.3) is 5.69 Å². The molecular weight excluding hydrogens is 236 g/mol. The first kappa shape index (κ1) is 12.1. The van der Waals surface area contributed by atoms with Gasteiger partial charge in [0.05, 0.1) is 10.6 Å². The smallest absolute Gasteiger partial charge is 0.329 e. The van der Waals surface area contributed by atoms with Crippen LogP contribution in [0.15, 0.2) is 24.3 Å². The van der Waals surface area contributed by atoms with Crippen molar-refractivity contribution >= 4 is 17.4 Å². The largest absolute Gasteiger partial charge is 0.344 e. The van der Waals surface area contributed by atoms with Crippen LogP contribution in [-0.4, -0.2) is 10.9 Å². The Morgan fingerprint density at radius 3 is 2.94 bits per heavy atom. The number of hydroxylamine groups is 1. The van der Waals surface area contributed by atoms with Gasteiger partial charge in [0.1, 0.15) is 0 Å². The van der Waals surface area contributed by atoms with Crippen molar-refractivity contribution in [1.82, 2.24) is 5.48 Å². The van der Waals surface area contributed by atoms with Crippen LogP contribution >= 0.6 is 0 Å². The summed E-state index contributed by atoms with van der Waals surface area (Å²) < 4.78 is 0. The third-order valence-corrected chi connectivity index (χ3v) is 2.66. The van der Waals surface area contributed by atoms with E-state index in [0.29, 0.717) is 11.3 Å². The van der Waals surface area contributed by atoms with Crippen molar-refractivity contribution in [3.63, 3.8) is 0 Å². The summed E-state index contributed by atoms with van der Waals surface area (Å²) in [5.74, 6) is -0.464. The van der Waals surface area contributed by atoms with Crippen LogP contribution in [0.1, 0.15) is 24.5 Å². The van der Waals surface area contributed by atoms with E-state index in [9.17, 15) is 14.9 Å². The fraction of sp³-hybridized carbons (Fsp3) is 0.250. The van der Waals surface area contributed by atoms with E-state index in [1.165, 1.54) is 19.1 Å². The molecule has 1 N–H and O–H groups in total. The Kier molecular flexibility index (Phi) is 3.27. The minimum atomic E-state index is -0.464. The molecule has 6 heteroatoms. The average Bonchev–Trinajstić information content (AvgIpc) is 2.35. The number of rotatable bonds is 3. The number of carbonyl (C=O) groups is 1. The quantitative estimate of drug-likeness (QED) is 0.653. The van der Waals surface area contributed by atoms with Crippen molar-refractivity contribution in [3.8, 4) is 0 Å². The highest BCUT2D eigenvalue weighted by molar-refractivity contribution is 5.72. The molecule has 0 aromatic heterocycles. The van der Waals surface area contributed by atoms with Gasteiger partial charge in [-0.2, -0.15) is 0 Å². The fourth-order valence-corrected chi connectivity index (χ4v) is 1.85. The molecule has 0 saturated carbocycles. The molecule has 0 spiro atoms. The van der Waals surface area contributed by atoms with E-state index in [4.69, 9.17) is 4.84 Å². The molecule has 1 aromatic rings. The van der Waals surface area contributed by atoms with Crippen LogP contribution in [0.2, 0.25) is 0 Å². The van der Waals surface area contributed by atoms with Gasteiger partial charge in [0, 0.05) is 24.6 Å². The summed E-state index contributed by atoms with van der Waals surface area (Å²) in [4.78, 5) is 25.8. The second-order valence-electron chi connectivity index (χ2n) is 3.95. The van der Waals surface area contributed by atoms with Gasteiger partial charge < -0.3 is 4.84 Å². The zero-order valence-electron chi connectivity index (χ0n) is 9.80. The summed E-state index contributed by atoms with van der Waals surface area (Å²) >= 11 is 0. The number of benzene rings is 1. The maximum Gasteiger partial charge on any atom is 0.329 e. The van der Waals surface area contributed by atoms with Crippen LogP contribution in [0.3, 0.4) is 0 Å². The van der Waals surface area contributed by atoms with Crippen LogP contribution < -0.4 is 5.48 Å². The summed E-state index contributed by atoms with van der Waals surface area (Å²) in [5, 5.41) is 10.7. The topological polar surface area (TPSA) is 81.5 Å². The zero-order valence-corrected chi connectivity index (χ0v) is 9.80. The van der Waals surface area contributed by atoms with E-state index in [1.807, 2.05) is 6.08 Å². The van der Waals surface area contributed by atoms with Gasteiger partial charge in [-0.25, -0.2) is 5.48 Å². The van der Waals surface area contributed by atoms with E-state index in [2.05, 4.69) is 5.48 Å². The Hall–Kier alpha value is -2.37. The summed E-state index contributed by atoms with van der Waals surface area (Å²) in [6.45, 7) is 1.28. The van der Waals surface area contributed by atoms with Crippen LogP contribution in [0, 0.1) is 10.1 Å². The molecule has 0 atom stereocenters. The van der Waals surface area contributed by atoms with Crippen molar-refractivity contribution in [2.24, 2.45) is 0 Å². The van der Waals surface area contributed by atoms with E-state index < -0.39 is 10.9 Å². The van der Waals surface area contributed by atoms with Crippen molar-refractivity contribution < 1.29 is 14.6 Å². The molecule has 94 valence electrons. The predicted molar refractivity (Wildman–Crippen MR) is 64.3 cm³/mol. The molecule has 0 bridgehead atoms. The number of hydrogen-bond donors (Lipinski definition) is 1. The molecule has 1 aliphatic rings. The Bertz CT molecular complexity index is 537. The monoisotopic (exact) mass is 248 g/mol. The molecular formula is C12H12N2O4. The number of nitro groups is 1. The van der Waals surface area contributed by atoms with Crippen LogP contribution in [-0.2, 0) is 16.1 Å². The number of non-ortho nitro benzene ring substituents is 1. The van der Waals surface area contributed by atoms with E-state index >= 15 is 0 Å². The summed E-state index contributed by atoms with van der Waals surface area (Å²) in [7, 11) is 0. The Labute approximate surface area is 103 Å². The molecule has 0 unspecified atom stereocenters. The minimum absolute atomic E-state index is 0.0196. The lowest BCUT2D eigenvalue weighted by atomic mass is 9.94. The molecule has 2 rings (SSSR count). The van der Waals surface area contributed by atoms with Crippen LogP contribution in [0.25, 0.3) is 5.70 Å². The first-order chi connectivity index (χ1) is 8.58. The summed E-state index contributed by atoms with van der Waals surface area (Å²) in [5.41, 5.74) is 4.85. The highest BCUT2D eigenvalue weighted by Crippen LogP contribution is 2.28. The molecule has 18 heavy (non-hydrogen) atoms. The fourth-order valence-electron chi connectivity index (χ4n) is 1.85. The van der Waals surface area contributed by atoms with Gasteiger partial charge in [-0.1, -0.05) is 12.1 Å². The lowest BCUT2D eigenvalue weighted by Gasteiger charge is -2.17. The van der Waals surface area contributed by atoms with Crippen molar-refractivity contribution in [2.75, 3.05) is 0 Å². The van der Waals surface area contributed by atoms with E-state index in [1.54, 1.807) is 6.07 Å². The van der Waals surface area contributed by atoms with Crippen molar-refractivity contribution in [3.05, 3.63) is 45.5 Å². The first-order valence-electron chi connectivity index (χ1n) is 5.49. The highest BCUT2D eigenvalue weighted by atomic mass is 16.7. The van der Waals surface area contributed by atoms with Crippen LogP contribution in [0.5, 0.6) is 0 Å². The number of carbonyl (C=O) groups excluding carboxylic acids is 1. The predicted octanol–water partition coefficient (Wildman–Crippen LogP) is 1.95. The zero-order chi connectivity index (χ0) is 13.1. The second-order valence-corrected chi connectivity index (χ2v) is 3.95. The normalized spacial score (nSPS) is 13.3. The van der Waals surface area contributed by atoms with Gasteiger partial charge >= 0.3 is 5.97 Å². The standard InChI is InChI=1S/C12H12N2O4/c1-8(15)18-13-12-4-2-3-9-5-6-10(14(16)17)7-11(9)12/h4-7,13H,2-3H2,1H3. The number of fused-ring (bicyclic) bond motifs is 1. The molecule has 6 nitrogen and oxygen atoms in total. The molecule has 0 aliphatic heterocycles. The first-order valence-corrected chi connectivity index (χ1v) is 5.49. The molecule has 0 saturated heterocycles. The maximum atomic E-state index is 10.8. The average molecular weight is 248 g/mol. The second kappa shape index (κ2) is 4.87. The Morgan fingerprint density at radius 1 is 1.50 bits per heavy atom. The number of nitrogens with zero attached hydrogens (tertiary/aromatic N) is 1. The van der Waals surface area contributed by atoms with E-state index in [0.717, 1.165) is 18.4 Å². The minimum Gasteiger partial charge on any atom is -0.344 e. The summed E-state index contributed by atoms with van der Waals surface area (Å²) in [6.07, 6.45) is 3.47. The van der Waals surface area contributed by atoms with Gasteiger partial charge in [-0.15, -0.1) is 0 Å². The lowest BCUT2D eigenvalue weighted by Crippen LogP contribution is -2.19. The number of allylic oxidation sites excluding steroid dienone is 1. The van der Waals surface area contributed by atoms with Crippen LogP contribution in [0.4, 0.5) is 5.69 Å². The molecule has 0 fully saturated rings. The molecule has 0 radical (unpaired) electrons. The van der Waals surface area contributed by atoms with Gasteiger partial charge in [0.15, 0.2) is 0 Å². The van der Waals surface area contributed by atoms with Crippen molar-refractivity contribution in [1.29, 1.82) is 0 Å². The van der Waals surface area contributed by atoms with Gasteiger partial charge in [0.2, 0.25) is 0 Å². The Balaban J connectivity index is 2.31. The molecule has 0 amide bonds. The molecule has 1 aromatic carbocycles. The molecule has 1 aliphatic carbocycles. The Morgan fingerprint density at radius 2 is 2.28 bits per heavy atom. The number of nitrogens with one attached hydrogen (secondary N) is 1. The third kappa shape index (κ3) is 2.48. The number of aryl methyl sites for hydroxylation is 1.